The zero-order valence-corrected chi connectivity index (χ0v) is 18.7. The van der Waals surface area contributed by atoms with Crippen LogP contribution in [0.5, 0.6) is 0 Å². The maximum absolute atomic E-state index is 12.0. The molecule has 3 nitrogen and oxygen atoms in total. The minimum atomic E-state index is -0.482. The summed E-state index contributed by atoms with van der Waals surface area (Å²) in [7, 11) is 0.601. The molecule has 156 valence electrons. The monoisotopic (exact) mass is 397 g/mol. The van der Waals surface area contributed by atoms with Crippen molar-refractivity contribution < 1.29 is 14.3 Å². The largest absolute Gasteiger partial charge is 0.509 e. The molecule has 3 saturated carbocycles. The molecule has 0 saturated heterocycles. The van der Waals surface area contributed by atoms with Gasteiger partial charge in [-0.15, -0.1) is 0 Å². The first-order chi connectivity index (χ1) is 12.9. The van der Waals surface area contributed by atoms with E-state index in [1.807, 2.05) is 20.8 Å². The Morgan fingerprint density at radius 3 is 1.59 bits per heavy atom. The van der Waals surface area contributed by atoms with Crippen molar-refractivity contribution in [3.8, 4) is 0 Å². The molecular weight excluding hydrogens is 356 g/mol. The highest BCUT2D eigenvalue weighted by Crippen LogP contribution is 2.41. The van der Waals surface area contributed by atoms with Gasteiger partial charge in [0, 0.05) is 0 Å². The highest BCUT2D eigenvalue weighted by atomic mass is 32.2. The smallest absolute Gasteiger partial charge is 0.431 e. The molecule has 0 aromatic carbocycles. The molecule has 0 aromatic heterocycles. The van der Waals surface area contributed by atoms with Gasteiger partial charge in [-0.25, -0.2) is 4.79 Å². The number of carbonyl (C=O) groups excluding carboxylic acids is 1. The molecule has 0 radical (unpaired) electrons. The first-order valence-electron chi connectivity index (χ1n) is 11.5. The molecule has 0 atom stereocenters. The molecule has 4 heteroatoms. The summed E-state index contributed by atoms with van der Waals surface area (Å²) < 4.78 is 11.0. The van der Waals surface area contributed by atoms with Crippen LogP contribution in [-0.4, -0.2) is 33.6 Å². The summed E-state index contributed by atoms with van der Waals surface area (Å²) in [6.07, 6.45) is 18.8. The van der Waals surface area contributed by atoms with Crippen LogP contribution in [-0.2, 0) is 20.4 Å². The lowest BCUT2D eigenvalue weighted by Crippen LogP contribution is -2.45. The fourth-order valence-electron chi connectivity index (χ4n) is 5.32. The van der Waals surface area contributed by atoms with Crippen LogP contribution in [0.25, 0.3) is 0 Å². The predicted octanol–water partition coefficient (Wildman–Crippen LogP) is 6.53. The van der Waals surface area contributed by atoms with Gasteiger partial charge in [-0.05, 0) is 109 Å². The number of ether oxygens (including phenoxy) is 2. The van der Waals surface area contributed by atoms with Gasteiger partial charge in [0.25, 0.3) is 0 Å². The third kappa shape index (κ3) is 6.58. The van der Waals surface area contributed by atoms with Gasteiger partial charge in [0.2, 0.25) is 0 Å². The fraction of sp³-hybridized carbons (Fsp3) is 0.957. The molecule has 27 heavy (non-hydrogen) atoms. The topological polar surface area (TPSA) is 35.5 Å². The molecule has 0 spiro atoms. The second kappa shape index (κ2) is 9.89. The van der Waals surface area contributed by atoms with Crippen LogP contribution in [0, 0.1) is 0 Å². The number of carbonyl (C=O) groups is 1. The summed E-state index contributed by atoms with van der Waals surface area (Å²) in [5, 5.41) is 2.88. The maximum atomic E-state index is 12.0. The van der Waals surface area contributed by atoms with Crippen molar-refractivity contribution in [2.45, 2.75) is 138 Å². The molecule has 0 bridgehead atoms. The summed E-state index contributed by atoms with van der Waals surface area (Å²) >= 11 is 0. The Labute approximate surface area is 169 Å². The summed E-state index contributed by atoms with van der Waals surface area (Å²) in [6.45, 7) is 5.68. The normalized spacial score (nSPS) is 28.9. The highest BCUT2D eigenvalue weighted by molar-refractivity contribution is 7.98. The molecule has 3 aliphatic rings. The Morgan fingerprint density at radius 1 is 0.704 bits per heavy atom. The van der Waals surface area contributed by atoms with E-state index in [9.17, 15) is 4.79 Å². The van der Waals surface area contributed by atoms with E-state index in [4.69, 9.17) is 9.47 Å². The van der Waals surface area contributed by atoms with Crippen molar-refractivity contribution in [2.24, 2.45) is 0 Å². The maximum Gasteiger partial charge on any atom is 0.509 e. The van der Waals surface area contributed by atoms with E-state index in [-0.39, 0.29) is 6.10 Å². The van der Waals surface area contributed by atoms with E-state index < -0.39 is 11.8 Å². The Morgan fingerprint density at radius 2 is 1.15 bits per heavy atom. The number of hydrogen-bond acceptors (Lipinski definition) is 3. The van der Waals surface area contributed by atoms with Crippen molar-refractivity contribution >= 4 is 17.1 Å². The molecule has 3 aliphatic carbocycles. The highest BCUT2D eigenvalue weighted by Gasteiger charge is 2.46. The van der Waals surface area contributed by atoms with Crippen LogP contribution >= 0.6 is 0 Å². The van der Waals surface area contributed by atoms with Crippen LogP contribution in [0.15, 0.2) is 0 Å². The average Bonchev–Trinajstić information content (AvgIpc) is 2.64. The average molecular weight is 398 g/mol. The van der Waals surface area contributed by atoms with Crippen molar-refractivity contribution in [3.63, 3.8) is 0 Å². The SMILES string of the molecule is CC(C)(C)OC(=O)OC1CCC([S+](C2CCCCC2)C2CCCCC2)CC1. The zero-order valence-electron chi connectivity index (χ0n) is 17.8. The second-order valence-corrected chi connectivity index (χ2v) is 12.7. The van der Waals surface area contributed by atoms with Gasteiger partial charge in [0.05, 0.1) is 0 Å². The summed E-state index contributed by atoms with van der Waals surface area (Å²) in [6, 6.07) is 0. The molecule has 0 aromatic rings. The Balaban J connectivity index is 1.54. The van der Waals surface area contributed by atoms with Crippen LogP contribution in [0.2, 0.25) is 0 Å². The molecule has 0 unspecified atom stereocenters. The van der Waals surface area contributed by atoms with E-state index >= 15 is 0 Å². The second-order valence-electron chi connectivity index (χ2n) is 9.91. The van der Waals surface area contributed by atoms with E-state index in [2.05, 4.69) is 0 Å². The van der Waals surface area contributed by atoms with Crippen molar-refractivity contribution in [1.29, 1.82) is 0 Å². The fourth-order valence-corrected chi connectivity index (χ4v) is 9.53. The van der Waals surface area contributed by atoms with E-state index in [1.165, 1.54) is 77.0 Å². The zero-order chi connectivity index (χ0) is 19.3. The Bertz CT molecular complexity index is 435. The minimum absolute atomic E-state index is 0.0688. The van der Waals surface area contributed by atoms with Gasteiger partial charge in [-0.2, -0.15) is 0 Å². The molecule has 0 N–H and O–H groups in total. The third-order valence-electron chi connectivity index (χ3n) is 6.53. The lowest BCUT2D eigenvalue weighted by Gasteiger charge is -2.37. The first kappa shape index (κ1) is 21.3. The van der Waals surface area contributed by atoms with Gasteiger partial charge in [0.15, 0.2) is 0 Å². The summed E-state index contributed by atoms with van der Waals surface area (Å²) in [5.41, 5.74) is -0.470. The minimum Gasteiger partial charge on any atom is -0.431 e. The first-order valence-corrected chi connectivity index (χ1v) is 12.9. The van der Waals surface area contributed by atoms with Gasteiger partial charge in [0.1, 0.15) is 27.5 Å². The van der Waals surface area contributed by atoms with Crippen LogP contribution < -0.4 is 0 Å². The van der Waals surface area contributed by atoms with Gasteiger partial charge in [-0.3, -0.25) is 0 Å². The van der Waals surface area contributed by atoms with Crippen LogP contribution in [0.4, 0.5) is 4.79 Å². The van der Waals surface area contributed by atoms with E-state index in [0.29, 0.717) is 10.9 Å². The van der Waals surface area contributed by atoms with E-state index in [1.54, 1.807) is 0 Å². The van der Waals surface area contributed by atoms with Gasteiger partial charge < -0.3 is 9.47 Å². The lowest BCUT2D eigenvalue weighted by molar-refractivity contribution is -0.0333. The van der Waals surface area contributed by atoms with Crippen molar-refractivity contribution in [2.75, 3.05) is 0 Å². The Kier molecular flexibility index (Phi) is 7.82. The molecule has 3 fully saturated rings. The van der Waals surface area contributed by atoms with Gasteiger partial charge in [-0.1, -0.05) is 12.8 Å². The molecule has 0 aliphatic heterocycles. The van der Waals surface area contributed by atoms with E-state index in [0.717, 1.165) is 28.6 Å². The summed E-state index contributed by atoms with van der Waals surface area (Å²) in [4.78, 5) is 12.0. The van der Waals surface area contributed by atoms with Crippen LogP contribution in [0.3, 0.4) is 0 Å². The predicted molar refractivity (Wildman–Crippen MR) is 114 cm³/mol. The molecule has 0 amide bonds. The van der Waals surface area contributed by atoms with Crippen LogP contribution in [0.1, 0.15) is 111 Å². The summed E-state index contributed by atoms with van der Waals surface area (Å²) in [5.74, 6) is 0. The quantitative estimate of drug-likeness (QED) is 0.399. The molecule has 0 heterocycles. The lowest BCUT2D eigenvalue weighted by atomic mass is 9.97. The van der Waals surface area contributed by atoms with Crippen molar-refractivity contribution in [1.82, 2.24) is 0 Å². The Hall–Kier alpha value is -0.380. The van der Waals surface area contributed by atoms with Gasteiger partial charge >= 0.3 is 6.16 Å². The third-order valence-corrected chi connectivity index (χ3v) is 10.3. The van der Waals surface area contributed by atoms with Crippen molar-refractivity contribution in [3.05, 3.63) is 0 Å². The number of rotatable bonds is 4. The standard InChI is InChI=1S/C23H41O3S/c1-23(2,3)26-22(24)25-18-14-16-21(17-15-18)27(19-10-6-4-7-11-19)20-12-8-5-9-13-20/h18-21H,4-17H2,1-3H3/q+1. The molecular formula is C23H41O3S+. The number of hydrogen-bond donors (Lipinski definition) is 0. The molecule has 3 rings (SSSR count).